The number of amides is 1. The molecule has 0 aliphatic heterocycles. The lowest BCUT2D eigenvalue weighted by Crippen LogP contribution is -2.16. The lowest BCUT2D eigenvalue weighted by molar-refractivity contribution is 0.102. The number of pyridine rings is 1. The third-order valence-electron chi connectivity index (χ3n) is 3.62. The average molecular weight is 311 g/mol. The van der Waals surface area contributed by atoms with Crippen molar-refractivity contribution in [1.82, 2.24) is 4.98 Å². The SMILES string of the molecule is Cc1cc(C)c(NC(=O)c2cc(NCC(C)C)ccn2)c(C)c1. The van der Waals surface area contributed by atoms with Gasteiger partial charge in [-0.2, -0.15) is 0 Å². The van der Waals surface area contributed by atoms with Crippen LogP contribution in [0.15, 0.2) is 30.5 Å². The fourth-order valence-electron chi connectivity index (χ4n) is 2.54. The zero-order valence-electron chi connectivity index (χ0n) is 14.5. The first kappa shape index (κ1) is 17.0. The molecule has 1 amide bonds. The van der Waals surface area contributed by atoms with Crippen molar-refractivity contribution >= 4 is 17.3 Å². The quantitative estimate of drug-likeness (QED) is 0.864. The van der Waals surface area contributed by atoms with E-state index in [1.54, 1.807) is 12.3 Å². The van der Waals surface area contributed by atoms with Gasteiger partial charge in [-0.3, -0.25) is 9.78 Å². The molecule has 4 heteroatoms. The van der Waals surface area contributed by atoms with Crippen molar-refractivity contribution in [2.75, 3.05) is 17.2 Å². The minimum absolute atomic E-state index is 0.187. The number of aryl methyl sites for hydroxylation is 3. The number of anilines is 2. The highest BCUT2D eigenvalue weighted by atomic mass is 16.1. The fraction of sp³-hybridized carbons (Fsp3) is 0.368. The molecule has 2 rings (SSSR count). The van der Waals surface area contributed by atoms with Gasteiger partial charge in [0.15, 0.2) is 0 Å². The lowest BCUT2D eigenvalue weighted by Gasteiger charge is -2.13. The van der Waals surface area contributed by atoms with Crippen molar-refractivity contribution in [2.24, 2.45) is 5.92 Å². The zero-order valence-corrected chi connectivity index (χ0v) is 14.5. The Morgan fingerprint density at radius 1 is 1.13 bits per heavy atom. The van der Waals surface area contributed by atoms with E-state index >= 15 is 0 Å². The number of rotatable bonds is 5. The van der Waals surface area contributed by atoms with Crippen LogP contribution in [0.5, 0.6) is 0 Å². The van der Waals surface area contributed by atoms with Crippen LogP contribution in [-0.4, -0.2) is 17.4 Å². The summed E-state index contributed by atoms with van der Waals surface area (Å²) in [6.45, 7) is 11.2. The highest BCUT2D eigenvalue weighted by molar-refractivity contribution is 6.04. The van der Waals surface area contributed by atoms with Crippen molar-refractivity contribution < 1.29 is 4.79 Å². The van der Waals surface area contributed by atoms with Crippen LogP contribution < -0.4 is 10.6 Å². The van der Waals surface area contributed by atoms with E-state index in [4.69, 9.17) is 0 Å². The molecular weight excluding hydrogens is 286 g/mol. The van der Waals surface area contributed by atoms with Crippen molar-refractivity contribution in [1.29, 1.82) is 0 Å². The average Bonchev–Trinajstić information content (AvgIpc) is 2.49. The van der Waals surface area contributed by atoms with Crippen LogP contribution >= 0.6 is 0 Å². The van der Waals surface area contributed by atoms with Crippen LogP contribution in [0.1, 0.15) is 41.0 Å². The predicted octanol–water partition coefficient (Wildman–Crippen LogP) is 4.33. The third kappa shape index (κ3) is 4.55. The molecule has 0 atom stereocenters. The van der Waals surface area contributed by atoms with Gasteiger partial charge in [0.25, 0.3) is 5.91 Å². The molecule has 0 saturated heterocycles. The van der Waals surface area contributed by atoms with Crippen LogP contribution in [0, 0.1) is 26.7 Å². The van der Waals surface area contributed by atoms with Crippen LogP contribution in [0.2, 0.25) is 0 Å². The molecule has 0 fully saturated rings. The summed E-state index contributed by atoms with van der Waals surface area (Å²) in [5, 5.41) is 6.30. The van der Waals surface area contributed by atoms with E-state index in [-0.39, 0.29) is 5.91 Å². The maximum atomic E-state index is 12.5. The van der Waals surface area contributed by atoms with Gasteiger partial charge in [-0.15, -0.1) is 0 Å². The number of nitrogens with one attached hydrogen (secondary N) is 2. The number of aromatic nitrogens is 1. The summed E-state index contributed by atoms with van der Waals surface area (Å²) in [5.41, 5.74) is 5.50. The normalized spacial score (nSPS) is 10.7. The van der Waals surface area contributed by atoms with Gasteiger partial charge in [0.1, 0.15) is 5.69 Å². The highest BCUT2D eigenvalue weighted by Gasteiger charge is 2.12. The van der Waals surface area contributed by atoms with Crippen molar-refractivity contribution in [3.63, 3.8) is 0 Å². The van der Waals surface area contributed by atoms with E-state index in [2.05, 4.69) is 48.5 Å². The molecule has 2 aromatic rings. The first-order chi connectivity index (χ1) is 10.9. The summed E-state index contributed by atoms with van der Waals surface area (Å²) in [5.74, 6) is 0.353. The monoisotopic (exact) mass is 311 g/mol. The molecule has 23 heavy (non-hydrogen) atoms. The van der Waals surface area contributed by atoms with Crippen LogP contribution in [0.4, 0.5) is 11.4 Å². The molecule has 2 N–H and O–H groups in total. The van der Waals surface area contributed by atoms with E-state index in [1.165, 1.54) is 5.56 Å². The van der Waals surface area contributed by atoms with Gasteiger partial charge in [0.2, 0.25) is 0 Å². The standard InChI is InChI=1S/C19H25N3O/c1-12(2)11-21-16-6-7-20-17(10-16)19(23)22-18-14(4)8-13(3)9-15(18)5/h6-10,12H,11H2,1-5H3,(H,20,21)(H,22,23). The second-order valence-electron chi connectivity index (χ2n) is 6.43. The molecule has 0 aliphatic rings. The maximum absolute atomic E-state index is 12.5. The second-order valence-corrected chi connectivity index (χ2v) is 6.43. The van der Waals surface area contributed by atoms with Gasteiger partial charge in [-0.25, -0.2) is 0 Å². The van der Waals surface area contributed by atoms with Gasteiger partial charge in [-0.1, -0.05) is 31.5 Å². The Balaban J connectivity index is 2.17. The largest absolute Gasteiger partial charge is 0.385 e. The number of carbonyl (C=O) groups excluding carboxylic acids is 1. The van der Waals surface area contributed by atoms with E-state index < -0.39 is 0 Å². The number of hydrogen-bond donors (Lipinski definition) is 2. The molecule has 122 valence electrons. The lowest BCUT2D eigenvalue weighted by atomic mass is 10.0. The van der Waals surface area contributed by atoms with Gasteiger partial charge in [0.05, 0.1) is 0 Å². The van der Waals surface area contributed by atoms with E-state index in [0.29, 0.717) is 11.6 Å². The summed E-state index contributed by atoms with van der Waals surface area (Å²) < 4.78 is 0. The first-order valence-corrected chi connectivity index (χ1v) is 7.96. The molecule has 0 radical (unpaired) electrons. The Morgan fingerprint density at radius 3 is 2.39 bits per heavy atom. The molecule has 0 unspecified atom stereocenters. The Kier molecular flexibility index (Phi) is 5.37. The number of hydrogen-bond acceptors (Lipinski definition) is 3. The Labute approximate surface area is 138 Å². The van der Waals surface area contributed by atoms with Crippen LogP contribution in [-0.2, 0) is 0 Å². The van der Waals surface area contributed by atoms with E-state index in [1.807, 2.05) is 19.9 Å². The van der Waals surface area contributed by atoms with E-state index in [0.717, 1.165) is 29.0 Å². The molecule has 1 heterocycles. The minimum atomic E-state index is -0.187. The molecule has 4 nitrogen and oxygen atoms in total. The first-order valence-electron chi connectivity index (χ1n) is 7.96. The summed E-state index contributed by atoms with van der Waals surface area (Å²) in [4.78, 5) is 16.7. The van der Waals surface area contributed by atoms with Gasteiger partial charge >= 0.3 is 0 Å². The predicted molar refractivity (Wildman–Crippen MR) is 96.2 cm³/mol. The van der Waals surface area contributed by atoms with Crippen molar-refractivity contribution in [2.45, 2.75) is 34.6 Å². The number of nitrogens with zero attached hydrogens (tertiary/aromatic N) is 1. The Bertz CT molecular complexity index is 685. The molecule has 0 bridgehead atoms. The summed E-state index contributed by atoms with van der Waals surface area (Å²) >= 11 is 0. The topological polar surface area (TPSA) is 54.0 Å². The Hall–Kier alpha value is -2.36. The third-order valence-corrected chi connectivity index (χ3v) is 3.62. The Morgan fingerprint density at radius 2 is 1.78 bits per heavy atom. The second kappa shape index (κ2) is 7.27. The number of carbonyl (C=O) groups is 1. The van der Waals surface area contributed by atoms with Gasteiger partial charge in [0, 0.05) is 24.1 Å². The van der Waals surface area contributed by atoms with Crippen molar-refractivity contribution in [3.8, 4) is 0 Å². The molecule has 0 saturated carbocycles. The fourth-order valence-corrected chi connectivity index (χ4v) is 2.54. The molecular formula is C19H25N3O. The van der Waals surface area contributed by atoms with Gasteiger partial charge < -0.3 is 10.6 Å². The van der Waals surface area contributed by atoms with Crippen LogP contribution in [0.3, 0.4) is 0 Å². The molecule has 0 aliphatic carbocycles. The molecule has 1 aromatic carbocycles. The summed E-state index contributed by atoms with van der Waals surface area (Å²) in [6.07, 6.45) is 1.66. The van der Waals surface area contributed by atoms with Crippen molar-refractivity contribution in [3.05, 3.63) is 52.8 Å². The van der Waals surface area contributed by atoms with Crippen LogP contribution in [0.25, 0.3) is 0 Å². The molecule has 0 spiro atoms. The van der Waals surface area contributed by atoms with E-state index in [9.17, 15) is 4.79 Å². The van der Waals surface area contributed by atoms with Gasteiger partial charge in [-0.05, 0) is 49.9 Å². The summed E-state index contributed by atoms with van der Waals surface area (Å²) in [7, 11) is 0. The highest BCUT2D eigenvalue weighted by Crippen LogP contribution is 2.22. The maximum Gasteiger partial charge on any atom is 0.274 e. The summed E-state index contributed by atoms with van der Waals surface area (Å²) in [6, 6.07) is 7.80. The number of benzene rings is 1. The minimum Gasteiger partial charge on any atom is -0.385 e. The zero-order chi connectivity index (χ0) is 17.0. The molecule has 1 aromatic heterocycles. The smallest absolute Gasteiger partial charge is 0.274 e.